The summed E-state index contributed by atoms with van der Waals surface area (Å²) in [5.74, 6) is 0.460. The highest BCUT2D eigenvalue weighted by atomic mass is 32.2. The molecule has 1 aromatic heterocycles. The van der Waals surface area contributed by atoms with Crippen LogP contribution in [0, 0.1) is 0 Å². The molecule has 1 heterocycles. The van der Waals surface area contributed by atoms with Crippen molar-refractivity contribution in [3.05, 3.63) is 94.8 Å². The second kappa shape index (κ2) is 10.1. The molecule has 0 bridgehead atoms. The van der Waals surface area contributed by atoms with Crippen LogP contribution >= 0.6 is 11.8 Å². The van der Waals surface area contributed by atoms with Crippen molar-refractivity contribution >= 4 is 34.3 Å². The number of hydrazone groups is 1. The van der Waals surface area contributed by atoms with E-state index in [2.05, 4.69) is 15.5 Å². The molecule has 0 unspecified atom stereocenters. The number of para-hydroxylation sites is 2. The Hall–Kier alpha value is -3.91. The molecule has 0 aliphatic rings. The third-order valence-electron chi connectivity index (χ3n) is 4.93. The number of aromatic nitrogens is 2. The number of nitrogens with one attached hydrogen (secondary N) is 1. The van der Waals surface area contributed by atoms with Gasteiger partial charge >= 0.3 is 0 Å². The molecule has 3 aromatic carbocycles. The molecule has 166 valence electrons. The molecule has 1 amide bonds. The maximum atomic E-state index is 13.2. The van der Waals surface area contributed by atoms with Crippen molar-refractivity contribution in [2.75, 3.05) is 12.9 Å². The monoisotopic (exact) mass is 458 g/mol. The Kier molecular flexibility index (Phi) is 6.85. The maximum absolute atomic E-state index is 13.2. The van der Waals surface area contributed by atoms with Crippen LogP contribution in [0.1, 0.15) is 12.5 Å². The third kappa shape index (κ3) is 5.12. The van der Waals surface area contributed by atoms with Crippen molar-refractivity contribution in [3.63, 3.8) is 0 Å². The van der Waals surface area contributed by atoms with Crippen LogP contribution < -0.4 is 15.7 Å². The number of carbonyl (C=O) groups is 1. The van der Waals surface area contributed by atoms with E-state index in [1.54, 1.807) is 26.2 Å². The number of ether oxygens (including phenoxy) is 1. The summed E-state index contributed by atoms with van der Waals surface area (Å²) in [5, 5.41) is 5.15. The van der Waals surface area contributed by atoms with E-state index >= 15 is 0 Å². The second-order valence-electron chi connectivity index (χ2n) is 7.14. The Bertz CT molecular complexity index is 1380. The average molecular weight is 459 g/mol. The lowest BCUT2D eigenvalue weighted by molar-refractivity contribution is -0.118. The highest BCUT2D eigenvalue weighted by Crippen LogP contribution is 2.21. The van der Waals surface area contributed by atoms with Crippen LogP contribution in [0.4, 0.5) is 0 Å². The fourth-order valence-corrected chi connectivity index (χ4v) is 4.04. The minimum absolute atomic E-state index is 0.0481. The standard InChI is InChI=1S/C25H22N4O3S/c1-17(18-9-8-12-20(15-18)32-2)27-28-23(30)16-33-25-26-22-14-7-6-13-21(22)24(31)29(25)19-10-4-3-5-11-19/h3-15H,16H2,1-2H3,(H,28,30). The van der Waals surface area contributed by atoms with Crippen molar-refractivity contribution < 1.29 is 9.53 Å². The molecule has 0 aliphatic heterocycles. The molecule has 0 radical (unpaired) electrons. The van der Waals surface area contributed by atoms with Crippen LogP contribution in [-0.4, -0.2) is 34.0 Å². The first-order chi connectivity index (χ1) is 16.1. The zero-order valence-electron chi connectivity index (χ0n) is 18.2. The molecule has 1 N–H and O–H groups in total. The van der Waals surface area contributed by atoms with E-state index in [4.69, 9.17) is 4.74 Å². The minimum Gasteiger partial charge on any atom is -0.497 e. The zero-order chi connectivity index (χ0) is 23.2. The van der Waals surface area contributed by atoms with Gasteiger partial charge in [0.05, 0.1) is 35.2 Å². The van der Waals surface area contributed by atoms with Crippen LogP contribution in [0.25, 0.3) is 16.6 Å². The first kappa shape index (κ1) is 22.3. The van der Waals surface area contributed by atoms with Crippen LogP contribution in [-0.2, 0) is 4.79 Å². The lowest BCUT2D eigenvalue weighted by atomic mass is 10.1. The molecule has 0 atom stereocenters. The van der Waals surface area contributed by atoms with E-state index in [0.717, 1.165) is 5.56 Å². The molecule has 0 saturated heterocycles. The Morgan fingerprint density at radius 3 is 2.61 bits per heavy atom. The Morgan fingerprint density at radius 2 is 1.82 bits per heavy atom. The van der Waals surface area contributed by atoms with Gasteiger partial charge in [0.15, 0.2) is 5.16 Å². The van der Waals surface area contributed by atoms with Crippen molar-refractivity contribution in [1.29, 1.82) is 0 Å². The van der Waals surface area contributed by atoms with Gasteiger partial charge in [0, 0.05) is 5.56 Å². The number of rotatable bonds is 7. The number of fused-ring (bicyclic) bond motifs is 1. The van der Waals surface area contributed by atoms with Crippen LogP contribution in [0.15, 0.2) is 93.9 Å². The molecular formula is C25H22N4O3S. The molecule has 7 nitrogen and oxygen atoms in total. The van der Waals surface area contributed by atoms with Gasteiger partial charge in [0.25, 0.3) is 11.5 Å². The summed E-state index contributed by atoms with van der Waals surface area (Å²) in [5.41, 5.74) is 5.16. The van der Waals surface area contributed by atoms with Gasteiger partial charge in [-0.2, -0.15) is 5.10 Å². The first-order valence-corrected chi connectivity index (χ1v) is 11.2. The second-order valence-corrected chi connectivity index (χ2v) is 8.08. The molecular weight excluding hydrogens is 436 g/mol. The Balaban J connectivity index is 1.55. The summed E-state index contributed by atoms with van der Waals surface area (Å²) in [6, 6.07) is 23.9. The Morgan fingerprint density at radius 1 is 1.06 bits per heavy atom. The van der Waals surface area contributed by atoms with Gasteiger partial charge in [-0.3, -0.25) is 14.2 Å². The van der Waals surface area contributed by atoms with Gasteiger partial charge in [-0.05, 0) is 43.3 Å². The molecule has 33 heavy (non-hydrogen) atoms. The molecule has 0 spiro atoms. The number of thioether (sulfide) groups is 1. The van der Waals surface area contributed by atoms with Gasteiger partial charge in [-0.15, -0.1) is 0 Å². The smallest absolute Gasteiger partial charge is 0.266 e. The summed E-state index contributed by atoms with van der Waals surface area (Å²) in [7, 11) is 1.60. The molecule has 4 aromatic rings. The Labute approximate surface area is 195 Å². The zero-order valence-corrected chi connectivity index (χ0v) is 19.0. The number of nitrogens with zero attached hydrogens (tertiary/aromatic N) is 3. The average Bonchev–Trinajstić information content (AvgIpc) is 2.86. The fourth-order valence-electron chi connectivity index (χ4n) is 3.24. The SMILES string of the molecule is COc1cccc(C(C)=NNC(=O)CSc2nc3ccccc3c(=O)n2-c2ccccc2)c1. The van der Waals surface area contributed by atoms with Crippen molar-refractivity contribution in [2.45, 2.75) is 12.1 Å². The highest BCUT2D eigenvalue weighted by molar-refractivity contribution is 7.99. The number of methoxy groups -OCH3 is 1. The van der Waals surface area contributed by atoms with E-state index in [1.165, 1.54) is 16.3 Å². The number of hydrogen-bond donors (Lipinski definition) is 1. The normalized spacial score (nSPS) is 11.4. The molecule has 0 saturated carbocycles. The van der Waals surface area contributed by atoms with Gasteiger partial charge in [0.1, 0.15) is 5.75 Å². The lowest BCUT2D eigenvalue weighted by Gasteiger charge is -2.13. The molecule has 0 fully saturated rings. The molecule has 4 rings (SSSR count). The van der Waals surface area contributed by atoms with Crippen LogP contribution in [0.3, 0.4) is 0 Å². The topological polar surface area (TPSA) is 85.6 Å². The predicted octanol–water partition coefficient (Wildman–Crippen LogP) is 4.03. The highest BCUT2D eigenvalue weighted by Gasteiger charge is 2.14. The maximum Gasteiger partial charge on any atom is 0.266 e. The largest absolute Gasteiger partial charge is 0.497 e. The summed E-state index contributed by atoms with van der Waals surface area (Å²) in [4.78, 5) is 30.3. The lowest BCUT2D eigenvalue weighted by Crippen LogP contribution is -2.24. The fraction of sp³-hybridized carbons (Fsp3) is 0.120. The minimum atomic E-state index is -0.302. The number of benzene rings is 3. The molecule has 8 heteroatoms. The summed E-state index contributed by atoms with van der Waals surface area (Å²) in [6.07, 6.45) is 0. The van der Waals surface area contributed by atoms with Gasteiger partial charge in [-0.25, -0.2) is 10.4 Å². The summed E-state index contributed by atoms with van der Waals surface area (Å²) < 4.78 is 6.76. The van der Waals surface area contributed by atoms with Crippen LogP contribution in [0.5, 0.6) is 5.75 Å². The van der Waals surface area contributed by atoms with E-state index in [1.807, 2.05) is 66.7 Å². The number of carbonyl (C=O) groups excluding carboxylic acids is 1. The third-order valence-corrected chi connectivity index (χ3v) is 5.87. The van der Waals surface area contributed by atoms with Crippen molar-refractivity contribution in [2.24, 2.45) is 5.10 Å². The predicted molar refractivity (Wildman–Crippen MR) is 131 cm³/mol. The van der Waals surface area contributed by atoms with Gasteiger partial charge < -0.3 is 4.74 Å². The summed E-state index contributed by atoms with van der Waals surface area (Å²) >= 11 is 1.18. The van der Waals surface area contributed by atoms with Gasteiger partial charge in [0.2, 0.25) is 0 Å². The van der Waals surface area contributed by atoms with Gasteiger partial charge in [-0.1, -0.05) is 54.2 Å². The van der Waals surface area contributed by atoms with Crippen molar-refractivity contribution in [3.8, 4) is 11.4 Å². The van der Waals surface area contributed by atoms with E-state index in [9.17, 15) is 9.59 Å². The quantitative estimate of drug-likeness (QED) is 0.196. The summed E-state index contributed by atoms with van der Waals surface area (Å²) in [6.45, 7) is 1.81. The first-order valence-electron chi connectivity index (χ1n) is 10.2. The van der Waals surface area contributed by atoms with E-state index in [-0.39, 0.29) is 17.2 Å². The van der Waals surface area contributed by atoms with Crippen LogP contribution in [0.2, 0.25) is 0 Å². The number of hydrogen-bond acceptors (Lipinski definition) is 6. The number of amides is 1. The van der Waals surface area contributed by atoms with Crippen molar-refractivity contribution in [1.82, 2.24) is 15.0 Å². The molecule has 0 aliphatic carbocycles. The van der Waals surface area contributed by atoms with E-state index < -0.39 is 0 Å². The van der Waals surface area contributed by atoms with E-state index in [0.29, 0.717) is 33.2 Å².